The maximum Gasteiger partial charge on any atom is 0.313 e. The van der Waals surface area contributed by atoms with Gasteiger partial charge in [0.05, 0.1) is 5.92 Å². The molecule has 36 heavy (non-hydrogen) atoms. The summed E-state index contributed by atoms with van der Waals surface area (Å²) in [4.78, 5) is 48.4. The monoisotopic (exact) mass is 547 g/mol. The van der Waals surface area contributed by atoms with Crippen molar-refractivity contribution in [3.8, 4) is 11.5 Å². The van der Waals surface area contributed by atoms with E-state index in [-0.39, 0.29) is 12.5 Å². The van der Waals surface area contributed by atoms with Crippen molar-refractivity contribution in [1.29, 1.82) is 0 Å². The first-order valence-electron chi connectivity index (χ1n) is 11.4. The summed E-state index contributed by atoms with van der Waals surface area (Å²) in [5.41, 5.74) is 2.52. The predicted octanol–water partition coefficient (Wildman–Crippen LogP) is 4.47. The van der Waals surface area contributed by atoms with E-state index >= 15 is 0 Å². The molecule has 2 N–H and O–H groups in total. The second kappa shape index (κ2) is 10.3. The number of halogens is 1. The quantitative estimate of drug-likeness (QED) is 0.364. The van der Waals surface area contributed by atoms with E-state index in [4.69, 9.17) is 4.42 Å². The Labute approximate surface area is 215 Å². The first-order chi connectivity index (χ1) is 17.5. The summed E-state index contributed by atoms with van der Waals surface area (Å²) in [5, 5.41) is 5.43. The molecular formula is C26H22BrN5O4. The lowest BCUT2D eigenvalue weighted by atomic mass is 9.97. The maximum absolute atomic E-state index is 12.9. The van der Waals surface area contributed by atoms with E-state index in [1.54, 1.807) is 36.5 Å². The number of hydrogen-bond acceptors (Lipinski definition) is 6. The van der Waals surface area contributed by atoms with Crippen molar-refractivity contribution >= 4 is 56.3 Å². The maximum atomic E-state index is 12.9. The fourth-order valence-corrected chi connectivity index (χ4v) is 4.34. The molecule has 1 saturated heterocycles. The fraction of sp³-hybridized carbons (Fsp3) is 0.192. The molecule has 0 spiro atoms. The molecule has 3 heterocycles. The molecule has 9 nitrogen and oxygen atoms in total. The minimum Gasteiger partial charge on any atom is -0.436 e. The molecule has 0 bridgehead atoms. The molecular weight excluding hydrogens is 526 g/mol. The van der Waals surface area contributed by atoms with Gasteiger partial charge in [-0.25, -0.2) is 9.97 Å². The lowest BCUT2D eigenvalue weighted by Gasteiger charge is -2.31. The average Bonchev–Trinajstić information content (AvgIpc) is 3.34. The molecule has 0 aliphatic carbocycles. The highest BCUT2D eigenvalue weighted by atomic mass is 79.9. The highest BCUT2D eigenvalue weighted by molar-refractivity contribution is 9.10. The smallest absolute Gasteiger partial charge is 0.313 e. The number of carbonyl (C=O) groups excluding carboxylic acids is 3. The molecule has 182 valence electrons. The Bertz CT molecular complexity index is 1400. The number of rotatable bonds is 4. The van der Waals surface area contributed by atoms with Crippen LogP contribution in [0.25, 0.3) is 22.6 Å². The standard InChI is InChI=1S/C26H22BrN5O4/c27-18-10-11-22(28-14-18)31-23(33)17-6-4-12-32(15-17)26(35)24(34)29-19-7-3-5-16(13-19)25-30-20-8-1-2-9-21(20)36-25/h1-3,5,7-11,13-14,17H,4,6,12,15H2,(H,29,34)(H,28,31,33). The number of benzene rings is 2. The summed E-state index contributed by atoms with van der Waals surface area (Å²) in [5.74, 6) is -1.24. The van der Waals surface area contributed by atoms with Crippen molar-refractivity contribution in [3.05, 3.63) is 71.3 Å². The molecule has 0 saturated carbocycles. The first kappa shape index (κ1) is 23.7. The molecule has 2 aromatic heterocycles. The molecule has 0 radical (unpaired) electrons. The SMILES string of the molecule is O=C(Nc1cccc(-c2nc3ccccc3o2)c1)C(=O)N1CCCC(C(=O)Nc2ccc(Br)cn2)C1. The van der Waals surface area contributed by atoms with Crippen LogP contribution < -0.4 is 10.6 Å². The van der Waals surface area contributed by atoms with Crippen molar-refractivity contribution in [3.63, 3.8) is 0 Å². The van der Waals surface area contributed by atoms with Gasteiger partial charge in [-0.15, -0.1) is 0 Å². The van der Waals surface area contributed by atoms with E-state index in [1.165, 1.54) is 4.90 Å². The van der Waals surface area contributed by atoms with Crippen molar-refractivity contribution < 1.29 is 18.8 Å². The zero-order valence-electron chi connectivity index (χ0n) is 19.1. The molecule has 3 amide bonds. The minimum absolute atomic E-state index is 0.164. The fourth-order valence-electron chi connectivity index (χ4n) is 4.11. The van der Waals surface area contributed by atoms with Crippen LogP contribution in [-0.4, -0.2) is 45.7 Å². The van der Waals surface area contributed by atoms with Gasteiger partial charge in [-0.2, -0.15) is 0 Å². The molecule has 10 heteroatoms. The molecule has 2 aromatic carbocycles. The van der Waals surface area contributed by atoms with Gasteiger partial charge in [-0.1, -0.05) is 18.2 Å². The summed E-state index contributed by atoms with van der Waals surface area (Å²) < 4.78 is 6.60. The zero-order chi connectivity index (χ0) is 25.1. The van der Waals surface area contributed by atoms with Crippen LogP contribution >= 0.6 is 15.9 Å². The number of piperidine rings is 1. The number of anilines is 2. The van der Waals surface area contributed by atoms with Crippen LogP contribution in [0.2, 0.25) is 0 Å². The molecule has 1 unspecified atom stereocenters. The van der Waals surface area contributed by atoms with E-state index in [0.717, 1.165) is 9.99 Å². The Kier molecular flexibility index (Phi) is 6.77. The molecule has 1 aliphatic rings. The topological polar surface area (TPSA) is 117 Å². The van der Waals surface area contributed by atoms with Gasteiger partial charge in [-0.3, -0.25) is 14.4 Å². The van der Waals surface area contributed by atoms with Gasteiger partial charge >= 0.3 is 11.8 Å². The van der Waals surface area contributed by atoms with Gasteiger partial charge in [0, 0.05) is 35.0 Å². The van der Waals surface area contributed by atoms with Crippen LogP contribution in [0.3, 0.4) is 0 Å². The van der Waals surface area contributed by atoms with Crippen LogP contribution in [0, 0.1) is 5.92 Å². The highest BCUT2D eigenvalue weighted by Crippen LogP contribution is 2.26. The highest BCUT2D eigenvalue weighted by Gasteiger charge is 2.31. The number of amides is 3. The molecule has 1 fully saturated rings. The van der Waals surface area contributed by atoms with Crippen LogP contribution in [0.15, 0.2) is 75.8 Å². The molecule has 4 aromatic rings. The summed E-state index contributed by atoms with van der Waals surface area (Å²) in [6, 6.07) is 17.9. The van der Waals surface area contributed by atoms with Crippen molar-refractivity contribution in [2.75, 3.05) is 23.7 Å². The van der Waals surface area contributed by atoms with E-state index < -0.39 is 17.7 Å². The molecule has 5 rings (SSSR count). The normalized spacial score (nSPS) is 15.5. The van der Waals surface area contributed by atoms with E-state index in [9.17, 15) is 14.4 Å². The van der Waals surface area contributed by atoms with E-state index in [2.05, 4.69) is 36.5 Å². The lowest BCUT2D eigenvalue weighted by Crippen LogP contribution is -2.47. The Morgan fingerprint density at radius 3 is 2.69 bits per heavy atom. The largest absolute Gasteiger partial charge is 0.436 e. The van der Waals surface area contributed by atoms with Crippen LogP contribution in [0.4, 0.5) is 11.5 Å². The summed E-state index contributed by atoms with van der Waals surface area (Å²) in [6.07, 6.45) is 2.84. The average molecular weight is 548 g/mol. The van der Waals surface area contributed by atoms with Gasteiger partial charge in [0.1, 0.15) is 11.3 Å². The van der Waals surface area contributed by atoms with Gasteiger partial charge in [-0.05, 0) is 71.2 Å². The number of nitrogens with one attached hydrogen (secondary N) is 2. The summed E-state index contributed by atoms with van der Waals surface area (Å²) in [6.45, 7) is 0.576. The number of aromatic nitrogens is 2. The van der Waals surface area contributed by atoms with Gasteiger partial charge in [0.15, 0.2) is 5.58 Å². The minimum atomic E-state index is -0.764. The van der Waals surface area contributed by atoms with Crippen molar-refractivity contribution in [1.82, 2.24) is 14.9 Å². The summed E-state index contributed by atoms with van der Waals surface area (Å²) in [7, 11) is 0. The third kappa shape index (κ3) is 5.28. The third-order valence-electron chi connectivity index (χ3n) is 5.91. The van der Waals surface area contributed by atoms with Crippen molar-refractivity contribution in [2.24, 2.45) is 5.92 Å². The number of oxazole rings is 1. The van der Waals surface area contributed by atoms with Crippen molar-refractivity contribution in [2.45, 2.75) is 12.8 Å². The van der Waals surface area contributed by atoms with Crippen LogP contribution in [-0.2, 0) is 14.4 Å². The Morgan fingerprint density at radius 2 is 1.89 bits per heavy atom. The van der Waals surface area contributed by atoms with Gasteiger partial charge in [0.2, 0.25) is 11.8 Å². The zero-order valence-corrected chi connectivity index (χ0v) is 20.7. The summed E-state index contributed by atoms with van der Waals surface area (Å²) >= 11 is 3.31. The number of pyridine rings is 1. The predicted molar refractivity (Wildman–Crippen MR) is 138 cm³/mol. The Morgan fingerprint density at radius 1 is 1.03 bits per heavy atom. The second-order valence-corrected chi connectivity index (χ2v) is 9.38. The van der Waals surface area contributed by atoms with E-state index in [0.29, 0.717) is 47.9 Å². The number of carbonyl (C=O) groups is 3. The number of fused-ring (bicyclic) bond motifs is 1. The lowest BCUT2D eigenvalue weighted by molar-refractivity contribution is -0.145. The number of hydrogen-bond donors (Lipinski definition) is 2. The van der Waals surface area contributed by atoms with Crippen LogP contribution in [0.1, 0.15) is 12.8 Å². The Balaban J connectivity index is 1.22. The third-order valence-corrected chi connectivity index (χ3v) is 6.38. The van der Waals surface area contributed by atoms with E-state index in [1.807, 2.05) is 30.3 Å². The number of para-hydroxylation sites is 2. The second-order valence-electron chi connectivity index (χ2n) is 8.46. The van der Waals surface area contributed by atoms with Crippen LogP contribution in [0.5, 0.6) is 0 Å². The number of nitrogens with zero attached hydrogens (tertiary/aromatic N) is 3. The molecule has 1 atom stereocenters. The van der Waals surface area contributed by atoms with Gasteiger partial charge < -0.3 is 20.0 Å². The van der Waals surface area contributed by atoms with Gasteiger partial charge in [0.25, 0.3) is 0 Å². The molecule has 1 aliphatic heterocycles. The number of likely N-dealkylation sites (tertiary alicyclic amines) is 1. The Hall–Kier alpha value is -4.05. The first-order valence-corrected chi connectivity index (χ1v) is 12.2.